The van der Waals surface area contributed by atoms with Crippen molar-refractivity contribution in [1.82, 2.24) is 25.8 Å². The minimum absolute atomic E-state index is 0.0236. The molecule has 1 aliphatic rings. The molecule has 1 saturated carbocycles. The van der Waals surface area contributed by atoms with Crippen LogP contribution in [0.5, 0.6) is 0 Å². The lowest BCUT2D eigenvalue weighted by molar-refractivity contribution is -0.127. The van der Waals surface area contributed by atoms with E-state index in [4.69, 9.17) is 4.74 Å². The number of carbonyl (C=O) groups is 2. The molecular formula is C21H29N5O3. The van der Waals surface area contributed by atoms with Crippen LogP contribution in [0.15, 0.2) is 36.7 Å². The van der Waals surface area contributed by atoms with Crippen molar-refractivity contribution in [3.05, 3.63) is 48.0 Å². The maximum Gasteiger partial charge on any atom is 0.270 e. The summed E-state index contributed by atoms with van der Waals surface area (Å²) in [6.45, 7) is 3.25. The molecule has 2 aromatic heterocycles. The molecule has 156 valence electrons. The Morgan fingerprint density at radius 2 is 2.14 bits per heavy atom. The molecule has 2 aromatic rings. The molecule has 29 heavy (non-hydrogen) atoms. The average molecular weight is 399 g/mol. The van der Waals surface area contributed by atoms with Crippen molar-refractivity contribution in [1.29, 1.82) is 0 Å². The molecule has 3 atom stereocenters. The topological polar surface area (TPSA) is 109 Å². The molecule has 3 N–H and O–H groups in total. The zero-order valence-electron chi connectivity index (χ0n) is 16.8. The highest BCUT2D eigenvalue weighted by atomic mass is 16.5. The lowest BCUT2D eigenvalue weighted by atomic mass is 9.83. The van der Waals surface area contributed by atoms with Crippen molar-refractivity contribution in [3.8, 4) is 0 Å². The van der Waals surface area contributed by atoms with Crippen molar-refractivity contribution in [3.63, 3.8) is 0 Å². The number of rotatable bonds is 9. The molecule has 1 fully saturated rings. The standard InChI is InChI=1S/C21H29N5O3/c1-2-13-29-19-7-6-15(20(27)23-11-8-16-9-12-24-26-16)14-18(19)25-21(28)17-5-3-4-10-22-17/h3-5,9-10,12,15,18-19H,2,6-8,11,13-14H2,1H3,(H,23,27)(H,24,26)(H,25,28)/t15-,18+,19+/m0/s1. The Kier molecular flexibility index (Phi) is 7.75. The van der Waals surface area contributed by atoms with Gasteiger partial charge in [0.05, 0.1) is 12.1 Å². The van der Waals surface area contributed by atoms with Crippen molar-refractivity contribution in [2.45, 2.75) is 51.2 Å². The summed E-state index contributed by atoms with van der Waals surface area (Å²) in [7, 11) is 0. The first kappa shape index (κ1) is 21.0. The van der Waals surface area contributed by atoms with Gasteiger partial charge < -0.3 is 15.4 Å². The number of hydrogen-bond acceptors (Lipinski definition) is 5. The van der Waals surface area contributed by atoms with Crippen LogP contribution in [-0.4, -0.2) is 52.3 Å². The first-order valence-electron chi connectivity index (χ1n) is 10.3. The molecule has 0 bridgehead atoms. The fourth-order valence-corrected chi connectivity index (χ4v) is 3.63. The van der Waals surface area contributed by atoms with E-state index >= 15 is 0 Å². The maximum atomic E-state index is 12.6. The number of H-pyrrole nitrogens is 1. The van der Waals surface area contributed by atoms with E-state index in [1.54, 1.807) is 30.6 Å². The van der Waals surface area contributed by atoms with Crippen LogP contribution in [-0.2, 0) is 16.0 Å². The van der Waals surface area contributed by atoms with Gasteiger partial charge in [-0.2, -0.15) is 5.10 Å². The first-order valence-corrected chi connectivity index (χ1v) is 10.3. The third-order valence-electron chi connectivity index (χ3n) is 5.16. The second-order valence-electron chi connectivity index (χ2n) is 7.34. The number of nitrogens with one attached hydrogen (secondary N) is 3. The summed E-state index contributed by atoms with van der Waals surface area (Å²) in [6, 6.07) is 6.91. The summed E-state index contributed by atoms with van der Waals surface area (Å²) in [5, 5.41) is 12.8. The Morgan fingerprint density at radius 3 is 2.86 bits per heavy atom. The minimum Gasteiger partial charge on any atom is -0.376 e. The summed E-state index contributed by atoms with van der Waals surface area (Å²) < 4.78 is 5.96. The Hall–Kier alpha value is -2.74. The van der Waals surface area contributed by atoms with E-state index in [2.05, 4.69) is 32.7 Å². The van der Waals surface area contributed by atoms with Gasteiger partial charge >= 0.3 is 0 Å². The average Bonchev–Trinajstić information content (AvgIpc) is 3.27. The normalized spacial score (nSPS) is 21.5. The molecule has 2 amide bonds. The zero-order valence-corrected chi connectivity index (χ0v) is 16.8. The van der Waals surface area contributed by atoms with E-state index in [1.807, 2.05) is 6.07 Å². The Morgan fingerprint density at radius 1 is 1.24 bits per heavy atom. The van der Waals surface area contributed by atoms with Crippen molar-refractivity contribution in [2.75, 3.05) is 13.2 Å². The van der Waals surface area contributed by atoms with Crippen LogP contribution in [0.4, 0.5) is 0 Å². The summed E-state index contributed by atoms with van der Waals surface area (Å²) in [5.74, 6) is -0.358. The number of amides is 2. The summed E-state index contributed by atoms with van der Waals surface area (Å²) >= 11 is 0. The van der Waals surface area contributed by atoms with Crippen LogP contribution < -0.4 is 10.6 Å². The summed E-state index contributed by atoms with van der Waals surface area (Å²) in [6.07, 6.45) is 6.88. The van der Waals surface area contributed by atoms with E-state index in [0.29, 0.717) is 31.7 Å². The highest BCUT2D eigenvalue weighted by Gasteiger charge is 2.35. The predicted molar refractivity (Wildman–Crippen MR) is 108 cm³/mol. The second kappa shape index (κ2) is 10.7. The number of ether oxygens (including phenoxy) is 1. The van der Waals surface area contributed by atoms with Gasteiger partial charge in [0, 0.05) is 43.6 Å². The van der Waals surface area contributed by atoms with E-state index in [1.165, 1.54) is 0 Å². The molecule has 0 radical (unpaired) electrons. The zero-order chi connectivity index (χ0) is 20.5. The maximum absolute atomic E-state index is 12.6. The van der Waals surface area contributed by atoms with Crippen molar-refractivity contribution in [2.24, 2.45) is 5.92 Å². The van der Waals surface area contributed by atoms with Crippen molar-refractivity contribution >= 4 is 11.8 Å². The van der Waals surface area contributed by atoms with Gasteiger partial charge in [0.2, 0.25) is 5.91 Å². The SMILES string of the molecule is CCCO[C@@H]1CC[C@H](C(=O)NCCc2ccn[nH]2)C[C@H]1NC(=O)c1ccccn1. The Labute approximate surface area is 170 Å². The largest absolute Gasteiger partial charge is 0.376 e. The van der Waals surface area contributed by atoms with E-state index in [-0.39, 0.29) is 29.9 Å². The van der Waals surface area contributed by atoms with E-state index in [0.717, 1.165) is 25.0 Å². The van der Waals surface area contributed by atoms with Gasteiger partial charge in [0.1, 0.15) is 5.69 Å². The third-order valence-corrected chi connectivity index (χ3v) is 5.16. The van der Waals surface area contributed by atoms with Crippen LogP contribution >= 0.6 is 0 Å². The summed E-state index contributed by atoms with van der Waals surface area (Å²) in [5.41, 5.74) is 1.36. The van der Waals surface area contributed by atoms with Gasteiger partial charge in [0.15, 0.2) is 0 Å². The molecule has 0 spiro atoms. The molecule has 0 aliphatic heterocycles. The highest BCUT2D eigenvalue weighted by Crippen LogP contribution is 2.27. The molecule has 8 heteroatoms. The molecule has 0 aromatic carbocycles. The summed E-state index contributed by atoms with van der Waals surface area (Å²) in [4.78, 5) is 29.3. The van der Waals surface area contributed by atoms with Crippen LogP contribution in [0.25, 0.3) is 0 Å². The fourth-order valence-electron chi connectivity index (χ4n) is 3.63. The monoisotopic (exact) mass is 399 g/mol. The number of carbonyl (C=O) groups excluding carboxylic acids is 2. The predicted octanol–water partition coefficient (Wildman–Crippen LogP) is 1.86. The molecule has 1 aliphatic carbocycles. The van der Waals surface area contributed by atoms with Gasteiger partial charge in [-0.25, -0.2) is 0 Å². The lowest BCUT2D eigenvalue weighted by Crippen LogP contribution is -2.50. The van der Waals surface area contributed by atoms with Gasteiger partial charge in [0.25, 0.3) is 5.91 Å². The Balaban J connectivity index is 1.56. The number of hydrogen-bond donors (Lipinski definition) is 3. The fraction of sp³-hybridized carbons (Fsp3) is 0.524. The molecule has 8 nitrogen and oxygen atoms in total. The van der Waals surface area contributed by atoms with Gasteiger partial charge in [-0.05, 0) is 43.9 Å². The van der Waals surface area contributed by atoms with Crippen LogP contribution in [0, 0.1) is 5.92 Å². The molecule has 0 unspecified atom stereocenters. The molecular weight excluding hydrogens is 370 g/mol. The van der Waals surface area contributed by atoms with Crippen molar-refractivity contribution < 1.29 is 14.3 Å². The smallest absolute Gasteiger partial charge is 0.270 e. The minimum atomic E-state index is -0.235. The number of aromatic amines is 1. The second-order valence-corrected chi connectivity index (χ2v) is 7.34. The van der Waals surface area contributed by atoms with Crippen LogP contribution in [0.1, 0.15) is 48.8 Å². The molecule has 0 saturated heterocycles. The quantitative estimate of drug-likeness (QED) is 0.596. The lowest BCUT2D eigenvalue weighted by Gasteiger charge is -2.35. The molecule has 3 rings (SSSR count). The van der Waals surface area contributed by atoms with Gasteiger partial charge in [-0.15, -0.1) is 0 Å². The number of pyridine rings is 1. The third kappa shape index (κ3) is 6.12. The van der Waals surface area contributed by atoms with Gasteiger partial charge in [-0.3, -0.25) is 19.7 Å². The first-order chi connectivity index (χ1) is 14.2. The Bertz CT molecular complexity index is 766. The number of aromatic nitrogens is 3. The van der Waals surface area contributed by atoms with Crippen LogP contribution in [0.3, 0.4) is 0 Å². The van der Waals surface area contributed by atoms with E-state index < -0.39 is 0 Å². The highest BCUT2D eigenvalue weighted by molar-refractivity contribution is 5.92. The number of nitrogens with zero attached hydrogens (tertiary/aromatic N) is 2. The van der Waals surface area contributed by atoms with Crippen LogP contribution in [0.2, 0.25) is 0 Å². The molecule has 2 heterocycles. The van der Waals surface area contributed by atoms with Gasteiger partial charge in [-0.1, -0.05) is 13.0 Å². The van der Waals surface area contributed by atoms with E-state index in [9.17, 15) is 9.59 Å².